The standard InChI is InChI=1S/C25H35F2N3O2/c1-18-3-2-12-29(18)21-15-23(16-21)32-22-7-4-19(5-8-22)30-20(6-9-24(30)31)17-28-13-10-25(26,27)11-14-28/h4-5,7-8,18,20-21,23H,2-3,6,9-17H2,1H3/t18?,20-,21?,23?/m0/s1. The Morgan fingerprint density at radius 3 is 2.44 bits per heavy atom. The zero-order valence-corrected chi connectivity index (χ0v) is 19.0. The molecular formula is C25H35F2N3O2. The second-order valence-electron chi connectivity index (χ2n) is 10.2. The van der Waals surface area contributed by atoms with E-state index in [2.05, 4.69) is 16.7 Å². The molecule has 0 radical (unpaired) electrons. The minimum absolute atomic E-state index is 0.0517. The Balaban J connectivity index is 1.15. The number of rotatable bonds is 6. The third kappa shape index (κ3) is 4.65. The molecule has 3 heterocycles. The molecular weight excluding hydrogens is 412 g/mol. The third-order valence-electron chi connectivity index (χ3n) is 7.94. The van der Waals surface area contributed by atoms with Crippen LogP contribution in [0.3, 0.4) is 0 Å². The van der Waals surface area contributed by atoms with E-state index >= 15 is 0 Å². The number of benzene rings is 1. The number of hydrogen-bond acceptors (Lipinski definition) is 4. The topological polar surface area (TPSA) is 36.0 Å². The molecule has 5 nitrogen and oxygen atoms in total. The Morgan fingerprint density at radius 1 is 1.06 bits per heavy atom. The van der Waals surface area contributed by atoms with E-state index in [1.54, 1.807) is 0 Å². The van der Waals surface area contributed by atoms with Crippen LogP contribution in [0.1, 0.15) is 58.3 Å². The van der Waals surface area contributed by atoms with Gasteiger partial charge in [0.15, 0.2) is 0 Å². The number of ether oxygens (including phenoxy) is 1. The molecule has 5 rings (SSSR count). The summed E-state index contributed by atoms with van der Waals surface area (Å²) in [6, 6.07) is 9.28. The minimum atomic E-state index is -2.54. The van der Waals surface area contributed by atoms with Crippen LogP contribution < -0.4 is 9.64 Å². The van der Waals surface area contributed by atoms with Crippen molar-refractivity contribution in [1.82, 2.24) is 9.80 Å². The monoisotopic (exact) mass is 447 g/mol. The van der Waals surface area contributed by atoms with E-state index < -0.39 is 5.92 Å². The average molecular weight is 448 g/mol. The summed E-state index contributed by atoms with van der Waals surface area (Å²) in [5, 5.41) is 0. The number of alkyl halides is 2. The van der Waals surface area contributed by atoms with Crippen molar-refractivity contribution in [2.45, 2.75) is 88.4 Å². The zero-order chi connectivity index (χ0) is 22.3. The Labute approximate surface area is 189 Å². The Hall–Kier alpha value is -1.73. The molecule has 3 saturated heterocycles. The predicted molar refractivity (Wildman–Crippen MR) is 120 cm³/mol. The molecule has 1 aliphatic carbocycles. The first-order valence-electron chi connectivity index (χ1n) is 12.3. The molecule has 7 heteroatoms. The smallest absolute Gasteiger partial charge is 0.250 e. The quantitative estimate of drug-likeness (QED) is 0.651. The molecule has 4 fully saturated rings. The first kappa shape index (κ1) is 22.1. The molecule has 2 atom stereocenters. The van der Waals surface area contributed by atoms with Crippen LogP contribution in [0.15, 0.2) is 24.3 Å². The summed E-state index contributed by atoms with van der Waals surface area (Å²) >= 11 is 0. The van der Waals surface area contributed by atoms with Gasteiger partial charge in [-0.3, -0.25) is 9.69 Å². The van der Waals surface area contributed by atoms with Gasteiger partial charge >= 0.3 is 0 Å². The van der Waals surface area contributed by atoms with Crippen LogP contribution in [0.5, 0.6) is 5.75 Å². The lowest BCUT2D eigenvalue weighted by Gasteiger charge is -2.42. The van der Waals surface area contributed by atoms with E-state index in [9.17, 15) is 13.6 Å². The highest BCUT2D eigenvalue weighted by Gasteiger charge is 2.39. The highest BCUT2D eigenvalue weighted by molar-refractivity contribution is 5.96. The van der Waals surface area contributed by atoms with Crippen LogP contribution in [0.2, 0.25) is 0 Å². The third-order valence-corrected chi connectivity index (χ3v) is 7.94. The molecule has 1 aromatic rings. The number of carbonyl (C=O) groups is 1. The van der Waals surface area contributed by atoms with Crippen LogP contribution >= 0.6 is 0 Å². The fourth-order valence-electron chi connectivity index (χ4n) is 5.91. The summed E-state index contributed by atoms with van der Waals surface area (Å²) in [7, 11) is 0. The lowest BCUT2D eigenvalue weighted by Crippen LogP contribution is -2.50. The van der Waals surface area contributed by atoms with Gasteiger partial charge in [-0.15, -0.1) is 0 Å². The van der Waals surface area contributed by atoms with Gasteiger partial charge in [0.2, 0.25) is 5.91 Å². The molecule has 1 saturated carbocycles. The lowest BCUT2D eigenvalue weighted by molar-refractivity contribution is -0.117. The van der Waals surface area contributed by atoms with Crippen molar-refractivity contribution in [3.8, 4) is 5.75 Å². The van der Waals surface area contributed by atoms with E-state index in [1.807, 2.05) is 29.2 Å². The molecule has 32 heavy (non-hydrogen) atoms. The van der Waals surface area contributed by atoms with Crippen molar-refractivity contribution in [2.75, 3.05) is 31.1 Å². The first-order chi connectivity index (χ1) is 15.4. The zero-order valence-electron chi connectivity index (χ0n) is 19.0. The van der Waals surface area contributed by atoms with Crippen molar-refractivity contribution < 1.29 is 18.3 Å². The number of likely N-dealkylation sites (tertiary alicyclic amines) is 2. The first-order valence-corrected chi connectivity index (χ1v) is 12.3. The molecule has 3 aliphatic heterocycles. The molecule has 1 unspecified atom stereocenters. The molecule has 176 valence electrons. The molecule has 0 N–H and O–H groups in total. The van der Waals surface area contributed by atoms with E-state index in [-0.39, 0.29) is 30.9 Å². The van der Waals surface area contributed by atoms with Gasteiger partial charge in [-0.05, 0) is 57.0 Å². The van der Waals surface area contributed by atoms with Gasteiger partial charge in [0.1, 0.15) is 11.9 Å². The van der Waals surface area contributed by atoms with Crippen molar-refractivity contribution in [3.63, 3.8) is 0 Å². The maximum absolute atomic E-state index is 13.5. The summed E-state index contributed by atoms with van der Waals surface area (Å²) in [5.41, 5.74) is 0.879. The second kappa shape index (κ2) is 8.90. The van der Waals surface area contributed by atoms with E-state index in [4.69, 9.17) is 4.74 Å². The Kier molecular flexibility index (Phi) is 6.14. The molecule has 0 spiro atoms. The van der Waals surface area contributed by atoms with Gasteiger partial charge in [-0.1, -0.05) is 0 Å². The van der Waals surface area contributed by atoms with Crippen molar-refractivity contribution in [2.24, 2.45) is 0 Å². The van der Waals surface area contributed by atoms with Gasteiger partial charge in [0.05, 0.1) is 6.04 Å². The molecule has 0 bridgehead atoms. The van der Waals surface area contributed by atoms with Crippen LogP contribution in [-0.2, 0) is 4.79 Å². The van der Waals surface area contributed by atoms with Crippen LogP contribution in [0.4, 0.5) is 14.5 Å². The molecule has 1 aromatic carbocycles. The molecule has 0 aromatic heterocycles. The average Bonchev–Trinajstić information content (AvgIpc) is 3.32. The predicted octanol–water partition coefficient (Wildman–Crippen LogP) is 4.31. The van der Waals surface area contributed by atoms with Crippen molar-refractivity contribution >= 4 is 11.6 Å². The van der Waals surface area contributed by atoms with Gasteiger partial charge in [0.25, 0.3) is 5.92 Å². The van der Waals surface area contributed by atoms with E-state index in [1.165, 1.54) is 19.4 Å². The van der Waals surface area contributed by atoms with E-state index in [0.717, 1.165) is 30.7 Å². The summed E-state index contributed by atoms with van der Waals surface area (Å²) < 4.78 is 33.1. The number of anilines is 1. The van der Waals surface area contributed by atoms with Gasteiger partial charge in [0, 0.05) is 69.5 Å². The SMILES string of the molecule is CC1CCCN1C1CC(Oc2ccc(N3C(=O)CC[C@H]3CN3CCC(F)(F)CC3)cc2)C1. The number of nitrogens with zero attached hydrogens (tertiary/aromatic N) is 3. The maximum Gasteiger partial charge on any atom is 0.250 e. The number of halogens is 2. The van der Waals surface area contributed by atoms with E-state index in [0.29, 0.717) is 38.1 Å². The summed E-state index contributed by atoms with van der Waals surface area (Å²) in [6.45, 7) is 5.01. The van der Waals surface area contributed by atoms with Gasteiger partial charge < -0.3 is 14.5 Å². The minimum Gasteiger partial charge on any atom is -0.490 e. The van der Waals surface area contributed by atoms with Gasteiger partial charge in [-0.2, -0.15) is 0 Å². The summed E-state index contributed by atoms with van der Waals surface area (Å²) in [4.78, 5) is 19.2. The fraction of sp³-hybridized carbons (Fsp3) is 0.720. The van der Waals surface area contributed by atoms with Gasteiger partial charge in [-0.25, -0.2) is 8.78 Å². The van der Waals surface area contributed by atoms with Crippen molar-refractivity contribution in [3.05, 3.63) is 24.3 Å². The Morgan fingerprint density at radius 2 is 1.78 bits per heavy atom. The maximum atomic E-state index is 13.5. The highest BCUT2D eigenvalue weighted by atomic mass is 19.3. The lowest BCUT2D eigenvalue weighted by atomic mass is 9.87. The molecule has 1 amide bonds. The number of amides is 1. The van der Waals surface area contributed by atoms with Crippen LogP contribution in [0, 0.1) is 0 Å². The summed E-state index contributed by atoms with van der Waals surface area (Å²) in [6.07, 6.45) is 6.21. The van der Waals surface area contributed by atoms with Crippen molar-refractivity contribution in [1.29, 1.82) is 0 Å². The summed E-state index contributed by atoms with van der Waals surface area (Å²) in [5.74, 6) is -1.56. The number of piperidine rings is 1. The normalized spacial score (nSPS) is 33.5. The van der Waals surface area contributed by atoms with Crippen LogP contribution in [0.25, 0.3) is 0 Å². The molecule has 4 aliphatic rings. The fourth-order valence-corrected chi connectivity index (χ4v) is 5.91. The Bertz CT molecular complexity index is 802. The highest BCUT2D eigenvalue weighted by Crippen LogP contribution is 2.35. The second-order valence-corrected chi connectivity index (χ2v) is 10.2. The number of hydrogen-bond donors (Lipinski definition) is 0. The largest absolute Gasteiger partial charge is 0.490 e. The number of carbonyl (C=O) groups excluding carboxylic acids is 1. The van der Waals surface area contributed by atoms with Crippen LogP contribution in [-0.4, -0.2) is 72.0 Å².